The van der Waals surface area contributed by atoms with Crippen LogP contribution < -0.4 is 5.32 Å². The van der Waals surface area contributed by atoms with Gasteiger partial charge in [0.1, 0.15) is 0 Å². The van der Waals surface area contributed by atoms with E-state index in [-0.39, 0.29) is 5.91 Å². The van der Waals surface area contributed by atoms with Gasteiger partial charge in [0.2, 0.25) is 5.91 Å². The van der Waals surface area contributed by atoms with Crippen LogP contribution >= 0.6 is 11.6 Å². The van der Waals surface area contributed by atoms with E-state index in [2.05, 4.69) is 5.32 Å². The molecule has 1 aliphatic heterocycles. The Labute approximate surface area is 96.5 Å². The summed E-state index contributed by atoms with van der Waals surface area (Å²) in [5.41, 5.74) is 0. The van der Waals surface area contributed by atoms with Crippen molar-refractivity contribution in [1.29, 1.82) is 0 Å². The second-order valence-electron chi connectivity index (χ2n) is 3.70. The highest BCUT2D eigenvalue weighted by atomic mass is 35.5. The van der Waals surface area contributed by atoms with E-state index in [9.17, 15) is 4.79 Å². The number of allylic oxidation sites excluding steroid dienone is 1. The summed E-state index contributed by atoms with van der Waals surface area (Å²) >= 11 is 5.47. The van der Waals surface area contributed by atoms with E-state index in [1.54, 1.807) is 0 Å². The number of halogens is 1. The molecule has 86 valence electrons. The molecule has 0 atom stereocenters. The highest BCUT2D eigenvalue weighted by molar-refractivity contribution is 6.18. The van der Waals surface area contributed by atoms with E-state index in [1.165, 1.54) is 6.42 Å². The zero-order valence-corrected chi connectivity index (χ0v) is 9.80. The molecule has 1 aliphatic rings. The summed E-state index contributed by atoms with van der Waals surface area (Å²) in [6, 6.07) is 0. The molecule has 1 N–H and O–H groups in total. The lowest BCUT2D eigenvalue weighted by Gasteiger charge is -2.26. The molecule has 0 spiro atoms. The summed E-state index contributed by atoms with van der Waals surface area (Å²) in [6.45, 7) is 3.01. The minimum absolute atomic E-state index is 0.217. The van der Waals surface area contributed by atoms with Gasteiger partial charge in [-0.05, 0) is 19.3 Å². The number of rotatable bonds is 5. The summed E-state index contributed by atoms with van der Waals surface area (Å²) in [6.07, 6.45) is 7.38. The highest BCUT2D eigenvalue weighted by Gasteiger charge is 2.14. The van der Waals surface area contributed by atoms with Crippen LogP contribution in [0.4, 0.5) is 0 Å². The van der Waals surface area contributed by atoms with Crippen LogP contribution in [0, 0.1) is 0 Å². The normalized spacial score (nSPS) is 17.3. The van der Waals surface area contributed by atoms with Crippen LogP contribution in [0.15, 0.2) is 12.2 Å². The number of amides is 1. The van der Waals surface area contributed by atoms with Crippen LogP contribution in [0.1, 0.15) is 19.3 Å². The summed E-state index contributed by atoms with van der Waals surface area (Å²) in [5.74, 6) is 0.746. The summed E-state index contributed by atoms with van der Waals surface area (Å²) in [5, 5.41) is 3.08. The molecule has 0 bridgehead atoms. The van der Waals surface area contributed by atoms with E-state index in [0.717, 1.165) is 25.9 Å². The third-order valence-corrected chi connectivity index (χ3v) is 2.68. The third-order valence-electron chi connectivity index (χ3n) is 2.50. The molecule has 4 heteroatoms. The molecule has 0 saturated carbocycles. The van der Waals surface area contributed by atoms with Crippen LogP contribution in [-0.2, 0) is 4.79 Å². The molecule has 15 heavy (non-hydrogen) atoms. The van der Waals surface area contributed by atoms with Gasteiger partial charge >= 0.3 is 0 Å². The van der Waals surface area contributed by atoms with Crippen molar-refractivity contribution in [2.75, 3.05) is 32.1 Å². The maximum Gasteiger partial charge on any atom is 0.236 e. The maximum atomic E-state index is 11.6. The molecule has 1 saturated heterocycles. The van der Waals surface area contributed by atoms with Gasteiger partial charge in [-0.3, -0.25) is 4.79 Å². The topological polar surface area (TPSA) is 32.3 Å². The number of piperidine rings is 1. The standard InChI is InChI=1S/C11H19ClN2O/c12-6-2-3-7-13-10-11(15)14-8-4-1-5-9-14/h2-3,13H,1,4-10H2/b3-2+. The molecule has 0 aromatic heterocycles. The van der Waals surface area contributed by atoms with Crippen molar-refractivity contribution in [2.24, 2.45) is 0 Å². The van der Waals surface area contributed by atoms with Crippen molar-refractivity contribution in [3.8, 4) is 0 Å². The van der Waals surface area contributed by atoms with Gasteiger partial charge in [-0.25, -0.2) is 0 Å². The fourth-order valence-corrected chi connectivity index (χ4v) is 1.79. The molecule has 0 aromatic carbocycles. The second-order valence-corrected chi connectivity index (χ2v) is 4.01. The van der Waals surface area contributed by atoms with Gasteiger partial charge in [0.25, 0.3) is 0 Å². The molecule has 1 heterocycles. The zero-order valence-electron chi connectivity index (χ0n) is 9.04. The fraction of sp³-hybridized carbons (Fsp3) is 0.727. The number of nitrogens with zero attached hydrogens (tertiary/aromatic N) is 1. The number of alkyl halides is 1. The van der Waals surface area contributed by atoms with E-state index < -0.39 is 0 Å². The Morgan fingerprint density at radius 1 is 1.27 bits per heavy atom. The first kappa shape index (κ1) is 12.5. The van der Waals surface area contributed by atoms with Crippen LogP contribution in [0.3, 0.4) is 0 Å². The molecule has 0 aliphatic carbocycles. The predicted octanol–water partition coefficient (Wildman–Crippen LogP) is 1.38. The molecular weight excluding hydrogens is 212 g/mol. The average molecular weight is 231 g/mol. The molecule has 0 aromatic rings. The summed E-state index contributed by atoms with van der Waals surface area (Å²) in [4.78, 5) is 13.6. The van der Waals surface area contributed by atoms with E-state index in [1.807, 2.05) is 17.1 Å². The number of hydrogen-bond acceptors (Lipinski definition) is 2. The second kappa shape index (κ2) is 7.71. The molecule has 3 nitrogen and oxygen atoms in total. The SMILES string of the molecule is O=C(CNC/C=C/CCl)N1CCCCC1. The van der Waals surface area contributed by atoms with Gasteiger partial charge in [-0.2, -0.15) is 0 Å². The number of likely N-dealkylation sites (tertiary alicyclic amines) is 1. The molecular formula is C11H19ClN2O. The van der Waals surface area contributed by atoms with Crippen molar-refractivity contribution in [1.82, 2.24) is 10.2 Å². The third kappa shape index (κ3) is 5.19. The zero-order chi connectivity index (χ0) is 10.9. The predicted molar refractivity (Wildman–Crippen MR) is 63.2 cm³/mol. The van der Waals surface area contributed by atoms with Gasteiger partial charge in [0.05, 0.1) is 6.54 Å². The van der Waals surface area contributed by atoms with Crippen molar-refractivity contribution in [3.63, 3.8) is 0 Å². The summed E-state index contributed by atoms with van der Waals surface area (Å²) in [7, 11) is 0. The first-order chi connectivity index (χ1) is 7.34. The Morgan fingerprint density at radius 2 is 2.00 bits per heavy atom. The molecule has 0 unspecified atom stereocenters. The number of carbonyl (C=O) groups excluding carboxylic acids is 1. The van der Waals surface area contributed by atoms with Crippen LogP contribution in [-0.4, -0.2) is 42.9 Å². The monoisotopic (exact) mass is 230 g/mol. The maximum absolute atomic E-state index is 11.6. The van der Waals surface area contributed by atoms with E-state index in [4.69, 9.17) is 11.6 Å². The van der Waals surface area contributed by atoms with Gasteiger partial charge in [-0.1, -0.05) is 12.2 Å². The van der Waals surface area contributed by atoms with Gasteiger partial charge in [-0.15, -0.1) is 11.6 Å². The molecule has 1 amide bonds. The van der Waals surface area contributed by atoms with Crippen LogP contribution in [0.2, 0.25) is 0 Å². The minimum Gasteiger partial charge on any atom is -0.342 e. The van der Waals surface area contributed by atoms with Crippen molar-refractivity contribution >= 4 is 17.5 Å². The van der Waals surface area contributed by atoms with Crippen molar-refractivity contribution < 1.29 is 4.79 Å². The van der Waals surface area contributed by atoms with Gasteiger partial charge in [0.15, 0.2) is 0 Å². The van der Waals surface area contributed by atoms with E-state index in [0.29, 0.717) is 19.0 Å². The Bertz CT molecular complexity index is 213. The quantitative estimate of drug-likeness (QED) is 0.440. The van der Waals surface area contributed by atoms with Crippen molar-refractivity contribution in [2.45, 2.75) is 19.3 Å². The average Bonchev–Trinajstić information content (AvgIpc) is 2.30. The Balaban J connectivity index is 2.09. The molecule has 0 radical (unpaired) electrons. The number of carbonyl (C=O) groups is 1. The highest BCUT2D eigenvalue weighted by Crippen LogP contribution is 2.07. The van der Waals surface area contributed by atoms with Crippen LogP contribution in [0.5, 0.6) is 0 Å². The van der Waals surface area contributed by atoms with Crippen LogP contribution in [0.25, 0.3) is 0 Å². The Kier molecular flexibility index (Phi) is 6.44. The smallest absolute Gasteiger partial charge is 0.236 e. The fourth-order valence-electron chi connectivity index (χ4n) is 1.66. The lowest BCUT2D eigenvalue weighted by atomic mass is 10.1. The lowest BCUT2D eigenvalue weighted by molar-refractivity contribution is -0.131. The Hall–Kier alpha value is -0.540. The lowest BCUT2D eigenvalue weighted by Crippen LogP contribution is -2.41. The van der Waals surface area contributed by atoms with Gasteiger partial charge < -0.3 is 10.2 Å². The molecule has 1 fully saturated rings. The Morgan fingerprint density at radius 3 is 2.67 bits per heavy atom. The minimum atomic E-state index is 0.217. The first-order valence-electron chi connectivity index (χ1n) is 5.54. The van der Waals surface area contributed by atoms with E-state index >= 15 is 0 Å². The summed E-state index contributed by atoms with van der Waals surface area (Å²) < 4.78 is 0. The molecule has 1 rings (SSSR count). The number of nitrogens with one attached hydrogen (secondary N) is 1. The van der Waals surface area contributed by atoms with Crippen molar-refractivity contribution in [3.05, 3.63) is 12.2 Å². The first-order valence-corrected chi connectivity index (χ1v) is 6.07. The largest absolute Gasteiger partial charge is 0.342 e. The van der Waals surface area contributed by atoms with Gasteiger partial charge in [0, 0.05) is 25.5 Å². The number of hydrogen-bond donors (Lipinski definition) is 1.